The predicted octanol–water partition coefficient (Wildman–Crippen LogP) is 3.25. The van der Waals surface area contributed by atoms with Gasteiger partial charge in [-0.1, -0.05) is 36.4 Å². The zero-order chi connectivity index (χ0) is 19.7. The molecule has 28 heavy (non-hydrogen) atoms. The molecule has 1 heterocycles. The number of nitrogens with one attached hydrogen (secondary N) is 2. The van der Waals surface area contributed by atoms with Crippen LogP contribution >= 0.6 is 0 Å². The van der Waals surface area contributed by atoms with E-state index < -0.39 is 0 Å². The van der Waals surface area contributed by atoms with Crippen molar-refractivity contribution in [1.29, 1.82) is 5.26 Å². The van der Waals surface area contributed by atoms with E-state index in [1.807, 2.05) is 72.6 Å². The molecule has 0 radical (unpaired) electrons. The number of para-hydroxylation sites is 2. The molecule has 1 amide bonds. The van der Waals surface area contributed by atoms with E-state index in [2.05, 4.69) is 10.3 Å². The summed E-state index contributed by atoms with van der Waals surface area (Å²) in [5.74, 6) is -0.0708. The van der Waals surface area contributed by atoms with Gasteiger partial charge < -0.3 is 15.2 Å². The van der Waals surface area contributed by atoms with Crippen LogP contribution in [0.15, 0.2) is 59.4 Å². The maximum atomic E-state index is 12.5. The van der Waals surface area contributed by atoms with Gasteiger partial charge in [0.25, 0.3) is 5.56 Å². The number of H-pyrrole nitrogens is 1. The molecule has 1 saturated carbocycles. The number of hydrogen-bond acceptors (Lipinski definition) is 4. The van der Waals surface area contributed by atoms with Gasteiger partial charge in [-0.15, -0.1) is 0 Å². The fraction of sp³-hybridized carbons (Fsp3) is 0.227. The minimum Gasteiger partial charge on any atom is -0.370 e. The number of pyridine rings is 1. The second kappa shape index (κ2) is 7.20. The van der Waals surface area contributed by atoms with Gasteiger partial charge in [-0.2, -0.15) is 5.26 Å². The van der Waals surface area contributed by atoms with Gasteiger partial charge in [-0.25, -0.2) is 0 Å². The Labute approximate surface area is 162 Å². The molecule has 3 aromatic rings. The zero-order valence-corrected chi connectivity index (χ0v) is 15.5. The van der Waals surface area contributed by atoms with Crippen LogP contribution in [-0.2, 0) is 4.79 Å². The quantitative estimate of drug-likeness (QED) is 0.736. The molecule has 0 unspecified atom stereocenters. The predicted molar refractivity (Wildman–Crippen MR) is 109 cm³/mol. The molecule has 6 heteroatoms. The van der Waals surface area contributed by atoms with Gasteiger partial charge in [0, 0.05) is 30.1 Å². The van der Waals surface area contributed by atoms with Crippen LogP contribution in [0.3, 0.4) is 0 Å². The fourth-order valence-electron chi connectivity index (χ4n) is 3.76. The summed E-state index contributed by atoms with van der Waals surface area (Å²) in [6.07, 6.45) is 1.36. The van der Waals surface area contributed by atoms with Crippen molar-refractivity contribution >= 4 is 28.2 Å². The number of aromatic amines is 1. The first-order valence-electron chi connectivity index (χ1n) is 9.22. The lowest BCUT2D eigenvalue weighted by Gasteiger charge is -2.42. The standard InChI is InChI=1S/C22H20N4O2/c1-26(16-11-14(12-16)21(27)24-15-7-3-2-4-8-15)20-17-9-5-6-10-19(17)25-22(28)18(20)13-23/h2-10,14,16H,11-12H2,1H3,(H,24,27)(H,25,28). The second-order valence-corrected chi connectivity index (χ2v) is 7.12. The monoisotopic (exact) mass is 372 g/mol. The third-order valence-electron chi connectivity index (χ3n) is 5.43. The van der Waals surface area contributed by atoms with E-state index >= 15 is 0 Å². The van der Waals surface area contributed by atoms with E-state index in [1.54, 1.807) is 0 Å². The average molecular weight is 372 g/mol. The minimum absolute atomic E-state index is 0.00660. The first kappa shape index (κ1) is 17.8. The Hall–Kier alpha value is -3.59. The lowest BCUT2D eigenvalue weighted by atomic mass is 9.78. The fourth-order valence-corrected chi connectivity index (χ4v) is 3.76. The second-order valence-electron chi connectivity index (χ2n) is 7.12. The highest BCUT2D eigenvalue weighted by Crippen LogP contribution is 2.37. The van der Waals surface area contributed by atoms with Crippen molar-refractivity contribution in [1.82, 2.24) is 4.98 Å². The number of carbonyl (C=O) groups is 1. The molecule has 1 aromatic heterocycles. The van der Waals surface area contributed by atoms with E-state index in [4.69, 9.17) is 0 Å². The van der Waals surface area contributed by atoms with Crippen LogP contribution in [0.5, 0.6) is 0 Å². The van der Waals surface area contributed by atoms with Crippen LogP contribution < -0.4 is 15.8 Å². The molecule has 4 rings (SSSR count). The lowest BCUT2D eigenvalue weighted by molar-refractivity contribution is -0.122. The van der Waals surface area contributed by atoms with E-state index in [1.165, 1.54) is 0 Å². The number of rotatable bonds is 4. The van der Waals surface area contributed by atoms with Gasteiger partial charge >= 0.3 is 0 Å². The van der Waals surface area contributed by atoms with Crippen molar-refractivity contribution in [2.45, 2.75) is 18.9 Å². The summed E-state index contributed by atoms with van der Waals surface area (Å²) in [4.78, 5) is 29.5. The summed E-state index contributed by atoms with van der Waals surface area (Å²) in [6.45, 7) is 0. The maximum absolute atomic E-state index is 12.5. The molecule has 0 atom stereocenters. The molecule has 6 nitrogen and oxygen atoms in total. The molecule has 1 aliphatic carbocycles. The van der Waals surface area contributed by atoms with Gasteiger partial charge in [0.1, 0.15) is 11.6 Å². The molecule has 0 saturated heterocycles. The summed E-state index contributed by atoms with van der Waals surface area (Å²) < 4.78 is 0. The summed E-state index contributed by atoms with van der Waals surface area (Å²) in [5, 5.41) is 13.3. The van der Waals surface area contributed by atoms with Crippen molar-refractivity contribution in [3.63, 3.8) is 0 Å². The highest BCUT2D eigenvalue weighted by atomic mass is 16.2. The van der Waals surface area contributed by atoms with Crippen LogP contribution in [0.25, 0.3) is 10.9 Å². The number of nitrogens with zero attached hydrogens (tertiary/aromatic N) is 2. The van der Waals surface area contributed by atoms with Crippen molar-refractivity contribution < 1.29 is 4.79 Å². The Morgan fingerprint density at radius 2 is 1.82 bits per heavy atom. The highest BCUT2D eigenvalue weighted by molar-refractivity contribution is 5.95. The Morgan fingerprint density at radius 3 is 2.54 bits per heavy atom. The first-order valence-corrected chi connectivity index (χ1v) is 9.22. The van der Waals surface area contributed by atoms with Crippen LogP contribution in [0.4, 0.5) is 11.4 Å². The largest absolute Gasteiger partial charge is 0.370 e. The topological polar surface area (TPSA) is 89.0 Å². The third kappa shape index (κ3) is 3.12. The van der Waals surface area contributed by atoms with Crippen LogP contribution in [-0.4, -0.2) is 24.0 Å². The highest BCUT2D eigenvalue weighted by Gasteiger charge is 2.38. The molecule has 2 aromatic carbocycles. The Bertz CT molecular complexity index is 1120. The minimum atomic E-state index is -0.388. The van der Waals surface area contributed by atoms with Gasteiger partial charge in [-0.3, -0.25) is 9.59 Å². The molecule has 0 spiro atoms. The SMILES string of the molecule is CN(c1c(C#N)c(=O)[nH]c2ccccc12)C1CC(C(=O)Nc2ccccc2)C1. The van der Waals surface area contributed by atoms with Gasteiger partial charge in [-0.05, 0) is 31.0 Å². The number of benzene rings is 2. The lowest BCUT2D eigenvalue weighted by Crippen LogP contribution is -2.47. The molecule has 0 aliphatic heterocycles. The van der Waals surface area contributed by atoms with Crippen molar-refractivity contribution in [2.24, 2.45) is 5.92 Å². The van der Waals surface area contributed by atoms with Crippen LogP contribution in [0.2, 0.25) is 0 Å². The van der Waals surface area contributed by atoms with E-state index in [0.717, 1.165) is 11.1 Å². The number of nitriles is 1. The van der Waals surface area contributed by atoms with Gasteiger partial charge in [0.05, 0.1) is 11.2 Å². The van der Waals surface area contributed by atoms with E-state index in [-0.39, 0.29) is 29.0 Å². The first-order chi connectivity index (χ1) is 13.6. The molecular formula is C22H20N4O2. The van der Waals surface area contributed by atoms with Crippen molar-refractivity contribution in [3.05, 3.63) is 70.5 Å². The van der Waals surface area contributed by atoms with Crippen LogP contribution in [0, 0.1) is 17.2 Å². The third-order valence-corrected chi connectivity index (χ3v) is 5.43. The Morgan fingerprint density at radius 1 is 1.14 bits per heavy atom. The average Bonchev–Trinajstić information content (AvgIpc) is 2.66. The molecule has 1 aliphatic rings. The van der Waals surface area contributed by atoms with Gasteiger partial charge in [0.2, 0.25) is 5.91 Å². The molecular weight excluding hydrogens is 352 g/mol. The number of fused-ring (bicyclic) bond motifs is 1. The number of carbonyl (C=O) groups excluding carboxylic acids is 1. The van der Waals surface area contributed by atoms with Gasteiger partial charge in [0.15, 0.2) is 0 Å². The molecule has 0 bridgehead atoms. The molecule has 2 N–H and O–H groups in total. The van der Waals surface area contributed by atoms with Crippen LogP contribution in [0.1, 0.15) is 18.4 Å². The number of amides is 1. The van der Waals surface area contributed by atoms with E-state index in [0.29, 0.717) is 24.0 Å². The number of anilines is 2. The molecule has 140 valence electrons. The summed E-state index contributed by atoms with van der Waals surface area (Å²) >= 11 is 0. The Kier molecular flexibility index (Phi) is 4.58. The van der Waals surface area contributed by atoms with Crippen molar-refractivity contribution in [2.75, 3.05) is 17.3 Å². The molecule has 1 fully saturated rings. The smallest absolute Gasteiger partial charge is 0.268 e. The van der Waals surface area contributed by atoms with Crippen molar-refractivity contribution in [3.8, 4) is 6.07 Å². The zero-order valence-electron chi connectivity index (χ0n) is 15.5. The maximum Gasteiger partial charge on any atom is 0.268 e. The number of aromatic nitrogens is 1. The summed E-state index contributed by atoms with van der Waals surface area (Å²) in [6, 6.07) is 19.0. The summed E-state index contributed by atoms with van der Waals surface area (Å²) in [5.41, 5.74) is 1.84. The summed E-state index contributed by atoms with van der Waals surface area (Å²) in [7, 11) is 1.89. The number of hydrogen-bond donors (Lipinski definition) is 2. The Balaban J connectivity index is 1.54. The van der Waals surface area contributed by atoms with E-state index in [9.17, 15) is 14.9 Å². The normalized spacial score (nSPS) is 18.1.